The average Bonchev–Trinajstić information content (AvgIpc) is 3.35. The summed E-state index contributed by atoms with van der Waals surface area (Å²) in [7, 11) is 0. The fraction of sp³-hybridized carbons (Fsp3) is 0.433. The Hall–Kier alpha value is -3.81. The second kappa shape index (κ2) is 10.9. The molecule has 8 heteroatoms. The predicted molar refractivity (Wildman–Crippen MR) is 145 cm³/mol. The number of furan rings is 1. The van der Waals surface area contributed by atoms with Gasteiger partial charge in [0.25, 0.3) is 5.91 Å². The Kier molecular flexibility index (Phi) is 7.40. The van der Waals surface area contributed by atoms with Gasteiger partial charge in [-0.15, -0.1) is 0 Å². The van der Waals surface area contributed by atoms with Gasteiger partial charge in [-0.05, 0) is 57.4 Å². The number of fused-ring (bicyclic) bond motifs is 1. The highest BCUT2D eigenvalue weighted by Gasteiger charge is 2.43. The number of hydrogen-bond donors (Lipinski definition) is 2. The number of benzene rings is 2. The highest BCUT2D eigenvalue weighted by molar-refractivity contribution is 6.01. The van der Waals surface area contributed by atoms with E-state index in [2.05, 4.69) is 10.6 Å². The van der Waals surface area contributed by atoms with Crippen LogP contribution in [0.3, 0.4) is 0 Å². The molecule has 200 valence electrons. The van der Waals surface area contributed by atoms with Crippen LogP contribution in [0.2, 0.25) is 0 Å². The number of piperidine rings is 1. The van der Waals surface area contributed by atoms with Crippen LogP contribution in [0.4, 0.5) is 5.69 Å². The van der Waals surface area contributed by atoms with Gasteiger partial charge in [0.15, 0.2) is 11.5 Å². The van der Waals surface area contributed by atoms with E-state index in [1.807, 2.05) is 61.2 Å². The molecule has 1 aliphatic heterocycles. The van der Waals surface area contributed by atoms with Crippen molar-refractivity contribution in [2.24, 2.45) is 0 Å². The summed E-state index contributed by atoms with van der Waals surface area (Å²) in [5.74, 6) is 0.152. The number of para-hydroxylation sites is 3. The molecule has 0 bridgehead atoms. The van der Waals surface area contributed by atoms with Crippen LogP contribution in [0.15, 0.2) is 59.0 Å². The number of ether oxygens (including phenoxy) is 1. The molecular formula is C30H35N3O5. The van der Waals surface area contributed by atoms with Crippen molar-refractivity contribution in [3.63, 3.8) is 0 Å². The zero-order valence-electron chi connectivity index (χ0n) is 22.0. The lowest BCUT2D eigenvalue weighted by Gasteiger charge is -2.39. The summed E-state index contributed by atoms with van der Waals surface area (Å²) in [6, 6.07) is 16.2. The first-order valence-electron chi connectivity index (χ1n) is 13.5. The summed E-state index contributed by atoms with van der Waals surface area (Å²) in [5.41, 5.74) is 0.433. The van der Waals surface area contributed by atoms with Crippen molar-refractivity contribution < 1.29 is 23.5 Å². The highest BCUT2D eigenvalue weighted by atomic mass is 16.5. The molecule has 5 rings (SSSR count). The maximum absolute atomic E-state index is 13.7. The van der Waals surface area contributed by atoms with E-state index in [0.29, 0.717) is 31.4 Å². The van der Waals surface area contributed by atoms with Gasteiger partial charge in [0.2, 0.25) is 5.91 Å². The third-order valence-electron chi connectivity index (χ3n) is 7.44. The SMILES string of the molecule is CC(C)Oc1ccccc1N1CCC(NC(=O)C2(NC(=O)c3cc4ccccc4o3)CCCCC2)C(=O)C1. The zero-order chi connectivity index (χ0) is 26.7. The number of Topliss-reactive ketones (excluding diaryl/α,β-unsaturated/α-hetero) is 1. The molecule has 2 heterocycles. The number of carbonyl (C=O) groups is 3. The van der Waals surface area contributed by atoms with Crippen LogP contribution in [0.5, 0.6) is 5.75 Å². The lowest BCUT2D eigenvalue weighted by Crippen LogP contribution is -2.63. The highest BCUT2D eigenvalue weighted by Crippen LogP contribution is 2.32. The summed E-state index contributed by atoms with van der Waals surface area (Å²) < 4.78 is 11.7. The number of nitrogens with one attached hydrogen (secondary N) is 2. The summed E-state index contributed by atoms with van der Waals surface area (Å²) in [5, 5.41) is 6.81. The number of carbonyl (C=O) groups excluding carboxylic acids is 3. The smallest absolute Gasteiger partial charge is 0.287 e. The summed E-state index contributed by atoms with van der Waals surface area (Å²) in [4.78, 5) is 42.0. The fourth-order valence-corrected chi connectivity index (χ4v) is 5.49. The molecule has 38 heavy (non-hydrogen) atoms. The quantitative estimate of drug-likeness (QED) is 0.475. The average molecular weight is 518 g/mol. The van der Waals surface area contributed by atoms with Crippen LogP contribution in [0.1, 0.15) is 62.9 Å². The predicted octanol–water partition coefficient (Wildman–Crippen LogP) is 4.62. The monoisotopic (exact) mass is 517 g/mol. The van der Waals surface area contributed by atoms with Crippen LogP contribution >= 0.6 is 0 Å². The normalized spacial score (nSPS) is 19.4. The van der Waals surface area contributed by atoms with E-state index in [4.69, 9.17) is 9.15 Å². The number of ketones is 1. The van der Waals surface area contributed by atoms with Gasteiger partial charge >= 0.3 is 0 Å². The topological polar surface area (TPSA) is 101 Å². The largest absolute Gasteiger partial charge is 0.489 e. The van der Waals surface area contributed by atoms with Crippen molar-refractivity contribution >= 4 is 34.3 Å². The lowest BCUT2D eigenvalue weighted by atomic mass is 9.80. The summed E-state index contributed by atoms with van der Waals surface area (Å²) in [6.45, 7) is 4.73. The van der Waals surface area contributed by atoms with E-state index in [9.17, 15) is 14.4 Å². The van der Waals surface area contributed by atoms with Crippen LogP contribution in [-0.4, -0.2) is 48.4 Å². The Balaban J connectivity index is 1.27. The molecule has 8 nitrogen and oxygen atoms in total. The van der Waals surface area contributed by atoms with Crippen molar-refractivity contribution in [2.45, 2.75) is 70.1 Å². The minimum atomic E-state index is -1.07. The molecule has 2 N–H and O–H groups in total. The Morgan fingerprint density at radius 1 is 1.05 bits per heavy atom. The minimum absolute atomic E-state index is 0.0186. The number of anilines is 1. The van der Waals surface area contributed by atoms with Crippen molar-refractivity contribution in [3.05, 3.63) is 60.4 Å². The summed E-state index contributed by atoms with van der Waals surface area (Å²) >= 11 is 0. The number of hydrogen-bond acceptors (Lipinski definition) is 6. The molecule has 2 aromatic carbocycles. The van der Waals surface area contributed by atoms with Gasteiger partial charge in [0.1, 0.15) is 16.9 Å². The maximum Gasteiger partial charge on any atom is 0.287 e. The van der Waals surface area contributed by atoms with Gasteiger partial charge in [-0.3, -0.25) is 14.4 Å². The van der Waals surface area contributed by atoms with Gasteiger partial charge in [-0.2, -0.15) is 0 Å². The number of nitrogens with zero attached hydrogens (tertiary/aromatic N) is 1. The van der Waals surface area contributed by atoms with Gasteiger partial charge in [-0.25, -0.2) is 0 Å². The third kappa shape index (κ3) is 5.39. The van der Waals surface area contributed by atoms with E-state index in [1.165, 1.54) is 0 Å². The first kappa shape index (κ1) is 25.8. The molecular weight excluding hydrogens is 482 g/mol. The van der Waals surface area contributed by atoms with Gasteiger partial charge < -0.3 is 24.7 Å². The van der Waals surface area contributed by atoms with Gasteiger partial charge in [0, 0.05) is 11.9 Å². The van der Waals surface area contributed by atoms with E-state index >= 15 is 0 Å². The molecule has 2 aliphatic rings. The van der Waals surface area contributed by atoms with Crippen molar-refractivity contribution in [3.8, 4) is 5.75 Å². The van der Waals surface area contributed by atoms with Crippen LogP contribution < -0.4 is 20.3 Å². The van der Waals surface area contributed by atoms with Crippen LogP contribution in [0.25, 0.3) is 11.0 Å². The molecule has 2 fully saturated rings. The molecule has 1 unspecified atom stereocenters. The molecule has 3 aromatic rings. The molecule has 1 saturated heterocycles. The number of rotatable bonds is 7. The van der Waals surface area contributed by atoms with Gasteiger partial charge in [-0.1, -0.05) is 49.6 Å². The Labute approximate surface area is 222 Å². The summed E-state index contributed by atoms with van der Waals surface area (Å²) in [6.07, 6.45) is 4.21. The van der Waals surface area contributed by atoms with Crippen molar-refractivity contribution in [1.82, 2.24) is 10.6 Å². The van der Waals surface area contributed by atoms with E-state index in [-0.39, 0.29) is 30.1 Å². The Morgan fingerprint density at radius 2 is 1.79 bits per heavy atom. The Bertz CT molecular complexity index is 1290. The van der Waals surface area contributed by atoms with Crippen LogP contribution in [-0.2, 0) is 9.59 Å². The van der Waals surface area contributed by atoms with Crippen molar-refractivity contribution in [1.29, 1.82) is 0 Å². The Morgan fingerprint density at radius 3 is 2.53 bits per heavy atom. The van der Waals surface area contributed by atoms with E-state index in [0.717, 1.165) is 36.1 Å². The maximum atomic E-state index is 13.7. The first-order valence-corrected chi connectivity index (χ1v) is 13.5. The second-order valence-corrected chi connectivity index (χ2v) is 10.6. The number of amides is 2. The second-order valence-electron chi connectivity index (χ2n) is 10.6. The van der Waals surface area contributed by atoms with Gasteiger partial charge in [0.05, 0.1) is 24.4 Å². The van der Waals surface area contributed by atoms with Crippen LogP contribution in [0, 0.1) is 0 Å². The molecule has 2 amide bonds. The molecule has 0 spiro atoms. The lowest BCUT2D eigenvalue weighted by molar-refractivity contribution is -0.133. The molecule has 1 saturated carbocycles. The molecule has 1 atom stereocenters. The van der Waals surface area contributed by atoms with E-state index in [1.54, 1.807) is 12.1 Å². The molecule has 1 aromatic heterocycles. The molecule has 0 radical (unpaired) electrons. The standard InChI is InChI=1S/C30H35N3O5/c1-20(2)37-26-13-7-5-11-23(26)33-17-14-22(24(34)19-33)31-29(36)30(15-8-3-9-16-30)32-28(35)27-18-21-10-4-6-12-25(21)38-27/h4-7,10-13,18,20,22H,3,8-9,14-17,19H2,1-2H3,(H,31,36)(H,32,35). The molecule has 1 aliphatic carbocycles. The third-order valence-corrected chi connectivity index (χ3v) is 7.44. The minimum Gasteiger partial charge on any atom is -0.489 e. The first-order chi connectivity index (χ1) is 18.3. The fourth-order valence-electron chi connectivity index (χ4n) is 5.49. The zero-order valence-corrected chi connectivity index (χ0v) is 22.0. The van der Waals surface area contributed by atoms with E-state index < -0.39 is 17.5 Å². The van der Waals surface area contributed by atoms with Crippen molar-refractivity contribution in [2.75, 3.05) is 18.0 Å².